The molecule has 0 fully saturated rings. The van der Waals surface area contributed by atoms with E-state index in [1.165, 1.54) is 37.8 Å². The van der Waals surface area contributed by atoms with Crippen LogP contribution in [0.25, 0.3) is 0 Å². The summed E-state index contributed by atoms with van der Waals surface area (Å²) in [6.07, 6.45) is 11.8. The third kappa shape index (κ3) is 10.6. The van der Waals surface area contributed by atoms with Gasteiger partial charge in [0.15, 0.2) is 0 Å². The third-order valence-corrected chi connectivity index (χ3v) is 4.89. The summed E-state index contributed by atoms with van der Waals surface area (Å²) in [6.45, 7) is 2.18. The summed E-state index contributed by atoms with van der Waals surface area (Å²) in [5, 5.41) is 28.7. The van der Waals surface area contributed by atoms with Crippen LogP contribution in [0.4, 0.5) is 4.39 Å². The fourth-order valence-corrected chi connectivity index (χ4v) is 3.25. The minimum absolute atomic E-state index is 0.216. The predicted octanol–water partition coefficient (Wildman–Crippen LogP) is 4.93. The summed E-state index contributed by atoms with van der Waals surface area (Å²) < 4.78 is 12.8. The second-order valence-electron chi connectivity index (χ2n) is 7.17. The van der Waals surface area contributed by atoms with Gasteiger partial charge in [0.25, 0.3) is 5.97 Å². The number of unbranched alkanes of at least 4 members (excludes halogenated alkanes) is 7. The minimum atomic E-state index is -2.57. The van der Waals surface area contributed by atoms with Crippen LogP contribution >= 0.6 is 0 Å². The first-order valence-corrected chi connectivity index (χ1v) is 9.85. The van der Waals surface area contributed by atoms with Crippen molar-refractivity contribution in [3.05, 3.63) is 35.6 Å². The topological polar surface area (TPSA) is 60.7 Å². The van der Waals surface area contributed by atoms with Crippen molar-refractivity contribution in [3.8, 4) is 0 Å². The van der Waals surface area contributed by atoms with Crippen LogP contribution in [0.5, 0.6) is 0 Å². The van der Waals surface area contributed by atoms with E-state index in [0.717, 1.165) is 44.1 Å². The molecule has 0 spiro atoms. The molecule has 0 aliphatic rings. The number of hydrogen-bond acceptors (Lipinski definition) is 3. The van der Waals surface area contributed by atoms with E-state index in [1.807, 2.05) is 0 Å². The molecule has 1 aromatic rings. The van der Waals surface area contributed by atoms with Crippen molar-refractivity contribution >= 4 is 0 Å². The number of halogens is 1. The Morgan fingerprint density at radius 3 is 1.88 bits per heavy atom. The average molecular weight is 355 g/mol. The molecule has 1 atom stereocenters. The van der Waals surface area contributed by atoms with Crippen molar-refractivity contribution in [2.75, 3.05) is 0 Å². The lowest BCUT2D eigenvalue weighted by atomic mass is 9.92. The van der Waals surface area contributed by atoms with E-state index in [4.69, 9.17) is 0 Å². The molecule has 1 unspecified atom stereocenters. The monoisotopic (exact) mass is 354 g/mol. The van der Waals surface area contributed by atoms with Crippen LogP contribution in [0.3, 0.4) is 0 Å². The van der Waals surface area contributed by atoms with Crippen LogP contribution in [0.2, 0.25) is 0 Å². The Morgan fingerprint density at radius 2 is 1.32 bits per heavy atom. The molecular formula is C21H35FO3. The highest BCUT2D eigenvalue weighted by Gasteiger charge is 2.30. The summed E-state index contributed by atoms with van der Waals surface area (Å²) in [4.78, 5) is 0. The van der Waals surface area contributed by atoms with Crippen molar-refractivity contribution in [1.29, 1.82) is 0 Å². The van der Waals surface area contributed by atoms with Crippen molar-refractivity contribution in [2.45, 2.75) is 89.9 Å². The average Bonchev–Trinajstić information content (AvgIpc) is 2.56. The predicted molar refractivity (Wildman–Crippen MR) is 99.4 cm³/mol. The Hall–Kier alpha value is -0.970. The first-order chi connectivity index (χ1) is 11.9. The maximum absolute atomic E-state index is 12.8. The zero-order valence-corrected chi connectivity index (χ0v) is 15.6. The molecule has 0 radical (unpaired) electrons. The largest absolute Gasteiger partial charge is 0.343 e. The molecule has 0 saturated heterocycles. The summed E-state index contributed by atoms with van der Waals surface area (Å²) in [5.41, 5.74) is 1.12. The normalized spacial score (nSPS) is 13.2. The highest BCUT2D eigenvalue weighted by Crippen LogP contribution is 2.26. The van der Waals surface area contributed by atoms with Gasteiger partial charge in [0.2, 0.25) is 0 Å². The Labute approximate surface area is 151 Å². The quantitative estimate of drug-likeness (QED) is 0.328. The van der Waals surface area contributed by atoms with Gasteiger partial charge in [-0.2, -0.15) is 0 Å². The second kappa shape index (κ2) is 12.4. The van der Waals surface area contributed by atoms with Crippen LogP contribution in [-0.4, -0.2) is 21.3 Å². The Morgan fingerprint density at radius 1 is 0.800 bits per heavy atom. The maximum atomic E-state index is 12.8. The van der Waals surface area contributed by atoms with Gasteiger partial charge >= 0.3 is 0 Å². The van der Waals surface area contributed by atoms with Gasteiger partial charge in [-0.1, -0.05) is 70.4 Å². The van der Waals surface area contributed by atoms with Gasteiger partial charge in [-0.3, -0.25) is 0 Å². The van der Waals surface area contributed by atoms with E-state index >= 15 is 0 Å². The molecule has 144 valence electrons. The molecule has 0 amide bonds. The lowest BCUT2D eigenvalue weighted by Gasteiger charge is -2.26. The van der Waals surface area contributed by atoms with Gasteiger partial charge in [0, 0.05) is 5.92 Å². The Balaban J connectivity index is 2.18. The molecule has 0 bridgehead atoms. The molecule has 4 heteroatoms. The van der Waals surface area contributed by atoms with E-state index in [9.17, 15) is 19.7 Å². The highest BCUT2D eigenvalue weighted by atomic mass is 19.1. The highest BCUT2D eigenvalue weighted by molar-refractivity contribution is 5.15. The summed E-state index contributed by atoms with van der Waals surface area (Å²) >= 11 is 0. The van der Waals surface area contributed by atoms with Gasteiger partial charge in [-0.25, -0.2) is 4.39 Å². The molecule has 0 aliphatic carbocycles. The van der Waals surface area contributed by atoms with E-state index in [-0.39, 0.29) is 5.82 Å². The zero-order valence-electron chi connectivity index (χ0n) is 15.6. The number of rotatable bonds is 14. The first kappa shape index (κ1) is 22.1. The van der Waals surface area contributed by atoms with Crippen molar-refractivity contribution in [3.63, 3.8) is 0 Å². The van der Waals surface area contributed by atoms with Crippen LogP contribution in [0.15, 0.2) is 24.3 Å². The molecule has 0 saturated carbocycles. The van der Waals surface area contributed by atoms with Crippen LogP contribution in [-0.2, 0) is 6.42 Å². The van der Waals surface area contributed by atoms with E-state index in [1.54, 1.807) is 12.1 Å². The smallest absolute Gasteiger partial charge is 0.278 e. The molecule has 25 heavy (non-hydrogen) atoms. The molecule has 3 N–H and O–H groups in total. The third-order valence-electron chi connectivity index (χ3n) is 4.89. The van der Waals surface area contributed by atoms with Gasteiger partial charge < -0.3 is 15.3 Å². The van der Waals surface area contributed by atoms with E-state index in [2.05, 4.69) is 6.92 Å². The molecule has 3 nitrogen and oxygen atoms in total. The molecular weight excluding hydrogens is 319 g/mol. The number of aliphatic hydroxyl groups is 3. The van der Waals surface area contributed by atoms with Gasteiger partial charge in [-0.05, 0) is 43.4 Å². The van der Waals surface area contributed by atoms with Crippen molar-refractivity contribution in [1.82, 2.24) is 0 Å². The SMILES string of the molecule is CCCCCCCCC(CCCCCc1ccc(F)cc1)C(O)(O)O. The minimum Gasteiger partial charge on any atom is -0.343 e. The van der Waals surface area contributed by atoms with Crippen LogP contribution < -0.4 is 0 Å². The molecule has 0 heterocycles. The lowest BCUT2D eigenvalue weighted by molar-refractivity contribution is -0.344. The molecule has 1 rings (SSSR count). The summed E-state index contributed by atoms with van der Waals surface area (Å²) in [6, 6.07) is 6.56. The lowest BCUT2D eigenvalue weighted by Crippen LogP contribution is -2.37. The molecule has 0 aliphatic heterocycles. The second-order valence-corrected chi connectivity index (χ2v) is 7.17. The van der Waals surface area contributed by atoms with Crippen molar-refractivity contribution in [2.24, 2.45) is 5.92 Å². The molecule has 1 aromatic carbocycles. The molecule has 0 aromatic heterocycles. The summed E-state index contributed by atoms with van der Waals surface area (Å²) in [5.74, 6) is -3.27. The Bertz CT molecular complexity index is 439. The summed E-state index contributed by atoms with van der Waals surface area (Å²) in [7, 11) is 0. The van der Waals surface area contributed by atoms with Crippen LogP contribution in [0.1, 0.15) is 83.1 Å². The number of aryl methyl sites for hydroxylation is 1. The van der Waals surface area contributed by atoms with Gasteiger partial charge in [0.1, 0.15) is 5.82 Å². The van der Waals surface area contributed by atoms with Crippen LogP contribution in [0, 0.1) is 11.7 Å². The van der Waals surface area contributed by atoms with E-state index < -0.39 is 11.9 Å². The Kier molecular flexibility index (Phi) is 10.9. The standard InChI is InChI=1S/C21H35FO3/c1-2-3-4-5-6-9-12-19(21(23,24)25)13-10-7-8-11-18-14-16-20(22)17-15-18/h14-17,19,23-25H,2-13H2,1H3. The van der Waals surface area contributed by atoms with Crippen molar-refractivity contribution < 1.29 is 19.7 Å². The first-order valence-electron chi connectivity index (χ1n) is 9.85. The van der Waals surface area contributed by atoms with E-state index in [0.29, 0.717) is 12.8 Å². The van der Waals surface area contributed by atoms with Gasteiger partial charge in [-0.15, -0.1) is 0 Å². The number of benzene rings is 1. The zero-order chi connectivity index (χ0) is 18.5. The number of hydrogen-bond donors (Lipinski definition) is 3. The fourth-order valence-electron chi connectivity index (χ4n) is 3.25. The maximum Gasteiger partial charge on any atom is 0.278 e. The van der Waals surface area contributed by atoms with Gasteiger partial charge in [0.05, 0.1) is 0 Å². The fraction of sp³-hybridized carbons (Fsp3) is 0.714.